The minimum Gasteiger partial charge on any atom is -0.497 e. The number of methoxy groups -OCH3 is 1. The molecule has 26 heavy (non-hydrogen) atoms. The Labute approximate surface area is 154 Å². The van der Waals surface area contributed by atoms with Gasteiger partial charge in [-0.25, -0.2) is 4.57 Å². The van der Waals surface area contributed by atoms with E-state index < -0.39 is 0 Å². The second-order valence-corrected chi connectivity index (χ2v) is 5.90. The molecule has 5 heteroatoms. The van der Waals surface area contributed by atoms with E-state index in [2.05, 4.69) is 10.4 Å². The number of aryl methyl sites for hydroxylation is 1. The largest absolute Gasteiger partial charge is 0.497 e. The van der Waals surface area contributed by atoms with Gasteiger partial charge in [0.2, 0.25) is 5.69 Å². The van der Waals surface area contributed by atoms with Gasteiger partial charge in [0.25, 0.3) is 0 Å². The Hall–Kier alpha value is -3.34. The van der Waals surface area contributed by atoms with Crippen molar-refractivity contribution in [3.63, 3.8) is 0 Å². The summed E-state index contributed by atoms with van der Waals surface area (Å²) in [5.74, 6) is 0.845. The van der Waals surface area contributed by atoms with Gasteiger partial charge in [-0.05, 0) is 54.6 Å². The van der Waals surface area contributed by atoms with Crippen molar-refractivity contribution in [2.75, 3.05) is 24.5 Å². The molecule has 0 radical (unpaired) electrons. The number of hydrogen-bond acceptors (Lipinski definition) is 4. The molecule has 1 heterocycles. The Morgan fingerprint density at radius 1 is 0.962 bits per heavy atom. The van der Waals surface area contributed by atoms with Gasteiger partial charge in [-0.2, -0.15) is 5.10 Å². The lowest BCUT2D eigenvalue weighted by atomic mass is 10.2. The summed E-state index contributed by atoms with van der Waals surface area (Å²) >= 11 is 0. The van der Waals surface area contributed by atoms with Crippen molar-refractivity contribution in [1.29, 1.82) is 0 Å². The van der Waals surface area contributed by atoms with E-state index in [0.29, 0.717) is 0 Å². The zero-order valence-corrected chi connectivity index (χ0v) is 15.3. The van der Waals surface area contributed by atoms with E-state index >= 15 is 0 Å². The zero-order valence-electron chi connectivity index (χ0n) is 15.3. The second kappa shape index (κ2) is 8.16. The van der Waals surface area contributed by atoms with E-state index in [1.165, 1.54) is 0 Å². The van der Waals surface area contributed by atoms with Crippen molar-refractivity contribution >= 4 is 23.3 Å². The molecule has 0 saturated heterocycles. The molecule has 0 aliphatic rings. The average Bonchev–Trinajstić information content (AvgIpc) is 2.68. The summed E-state index contributed by atoms with van der Waals surface area (Å²) in [6, 6.07) is 22.0. The van der Waals surface area contributed by atoms with Gasteiger partial charge in [0.15, 0.2) is 6.20 Å². The lowest BCUT2D eigenvalue weighted by molar-refractivity contribution is -0.672. The molecule has 0 aliphatic heterocycles. The number of ether oxygens (including phenoxy) is 1. The van der Waals surface area contributed by atoms with E-state index in [9.17, 15) is 0 Å². The molecule has 0 atom stereocenters. The van der Waals surface area contributed by atoms with Crippen molar-refractivity contribution < 1.29 is 9.30 Å². The normalized spacial score (nSPS) is 10.7. The van der Waals surface area contributed by atoms with Crippen LogP contribution in [-0.2, 0) is 7.05 Å². The second-order valence-electron chi connectivity index (χ2n) is 5.90. The van der Waals surface area contributed by atoms with Crippen molar-refractivity contribution in [1.82, 2.24) is 0 Å². The van der Waals surface area contributed by atoms with Gasteiger partial charge in [-0.3, -0.25) is 5.01 Å². The lowest BCUT2D eigenvalue weighted by Gasteiger charge is -2.14. The van der Waals surface area contributed by atoms with E-state index in [4.69, 9.17) is 4.74 Å². The van der Waals surface area contributed by atoms with Gasteiger partial charge < -0.3 is 10.1 Å². The quantitative estimate of drug-likeness (QED) is 0.420. The monoisotopic (exact) mass is 347 g/mol. The number of hydrazone groups is 1. The third-order valence-corrected chi connectivity index (χ3v) is 4.08. The van der Waals surface area contributed by atoms with Gasteiger partial charge in [-0.1, -0.05) is 0 Å². The van der Waals surface area contributed by atoms with Gasteiger partial charge in [0.1, 0.15) is 19.0 Å². The van der Waals surface area contributed by atoms with Crippen LogP contribution in [0.3, 0.4) is 0 Å². The summed E-state index contributed by atoms with van der Waals surface area (Å²) in [6.45, 7) is 0. The molecule has 0 bridgehead atoms. The van der Waals surface area contributed by atoms with Crippen LogP contribution in [0.1, 0.15) is 5.69 Å². The third-order valence-electron chi connectivity index (χ3n) is 4.08. The van der Waals surface area contributed by atoms with E-state index in [0.717, 1.165) is 28.5 Å². The molecule has 3 aromatic rings. The number of pyridine rings is 1. The summed E-state index contributed by atoms with van der Waals surface area (Å²) < 4.78 is 7.20. The molecule has 2 aromatic carbocycles. The van der Waals surface area contributed by atoms with Crippen LogP contribution in [-0.4, -0.2) is 20.4 Å². The summed E-state index contributed by atoms with van der Waals surface area (Å²) in [4.78, 5) is 0. The maximum absolute atomic E-state index is 5.18. The fraction of sp³-hybridized carbons (Fsp3) is 0.143. The molecular weight excluding hydrogens is 324 g/mol. The molecule has 1 aromatic heterocycles. The van der Waals surface area contributed by atoms with Crippen LogP contribution in [0.15, 0.2) is 78.0 Å². The molecule has 0 unspecified atom stereocenters. The fourth-order valence-electron chi connectivity index (χ4n) is 2.48. The summed E-state index contributed by atoms with van der Waals surface area (Å²) in [7, 11) is 5.60. The molecule has 1 N–H and O–H groups in total. The van der Waals surface area contributed by atoms with Gasteiger partial charge >= 0.3 is 0 Å². The maximum Gasteiger partial charge on any atom is 0.225 e. The highest BCUT2D eigenvalue weighted by Crippen LogP contribution is 2.22. The Balaban J connectivity index is 1.65. The molecule has 132 valence electrons. The Kier molecular flexibility index (Phi) is 5.49. The number of aromatic nitrogens is 1. The van der Waals surface area contributed by atoms with Crippen LogP contribution >= 0.6 is 0 Å². The third kappa shape index (κ3) is 4.39. The fourth-order valence-corrected chi connectivity index (χ4v) is 2.48. The van der Waals surface area contributed by atoms with Crippen LogP contribution in [0, 0.1) is 0 Å². The first-order valence-electron chi connectivity index (χ1n) is 8.39. The molecule has 0 spiro atoms. The van der Waals surface area contributed by atoms with E-state index in [1.54, 1.807) is 7.11 Å². The number of rotatable bonds is 6. The molecule has 0 amide bonds. The van der Waals surface area contributed by atoms with Crippen molar-refractivity contribution in [2.45, 2.75) is 0 Å². The highest BCUT2D eigenvalue weighted by Gasteiger charge is 2.03. The lowest BCUT2D eigenvalue weighted by Crippen LogP contribution is -2.32. The number of hydrogen-bond donors (Lipinski definition) is 1. The van der Waals surface area contributed by atoms with E-state index in [1.807, 2.05) is 103 Å². The molecule has 0 aliphatic carbocycles. The maximum atomic E-state index is 5.18. The summed E-state index contributed by atoms with van der Waals surface area (Å²) in [5, 5.41) is 9.73. The van der Waals surface area contributed by atoms with E-state index in [-0.39, 0.29) is 0 Å². The standard InChI is InChI=1S/C21H23N4O/c1-24-15-5-4-6-20(24)16-22-25(2)19-11-7-17(8-12-19)23-18-9-13-21(26-3)14-10-18/h4-16,23H,1-3H3/q+1. The molecule has 5 nitrogen and oxygen atoms in total. The van der Waals surface area contributed by atoms with Gasteiger partial charge in [-0.15, -0.1) is 0 Å². The number of nitrogens with zero attached hydrogens (tertiary/aromatic N) is 3. The molecular formula is C21H23N4O+. The molecule has 3 rings (SSSR count). The molecule has 0 fully saturated rings. The number of anilines is 3. The number of benzene rings is 2. The van der Waals surface area contributed by atoms with Crippen LogP contribution in [0.4, 0.5) is 17.1 Å². The van der Waals surface area contributed by atoms with Crippen LogP contribution in [0.25, 0.3) is 0 Å². The van der Waals surface area contributed by atoms with Crippen molar-refractivity contribution in [3.8, 4) is 5.75 Å². The highest BCUT2D eigenvalue weighted by atomic mass is 16.5. The Morgan fingerprint density at radius 2 is 1.62 bits per heavy atom. The predicted octanol–water partition coefficient (Wildman–Crippen LogP) is 3.73. The van der Waals surface area contributed by atoms with Crippen LogP contribution < -0.4 is 19.6 Å². The van der Waals surface area contributed by atoms with Gasteiger partial charge in [0.05, 0.1) is 12.8 Å². The van der Waals surface area contributed by atoms with Gasteiger partial charge in [0, 0.05) is 30.6 Å². The van der Waals surface area contributed by atoms with Crippen molar-refractivity contribution in [2.24, 2.45) is 12.1 Å². The zero-order chi connectivity index (χ0) is 18.4. The summed E-state index contributed by atoms with van der Waals surface area (Å²) in [6.07, 6.45) is 3.85. The topological polar surface area (TPSA) is 40.7 Å². The predicted molar refractivity (Wildman–Crippen MR) is 106 cm³/mol. The first-order chi connectivity index (χ1) is 12.7. The average molecular weight is 347 g/mol. The first kappa shape index (κ1) is 17.5. The SMILES string of the molecule is COc1ccc(Nc2ccc(N(C)/N=C/c3cccc[n+]3C)cc2)cc1. The Morgan fingerprint density at radius 3 is 2.23 bits per heavy atom. The van der Waals surface area contributed by atoms with Crippen LogP contribution in [0.5, 0.6) is 5.75 Å². The van der Waals surface area contributed by atoms with Crippen molar-refractivity contribution in [3.05, 3.63) is 78.6 Å². The highest BCUT2D eigenvalue weighted by molar-refractivity contribution is 5.76. The van der Waals surface area contributed by atoms with Crippen LogP contribution in [0.2, 0.25) is 0 Å². The first-order valence-corrected chi connectivity index (χ1v) is 8.39. The minimum atomic E-state index is 0.845. The smallest absolute Gasteiger partial charge is 0.225 e. The minimum absolute atomic E-state index is 0.845. The Bertz CT molecular complexity index is 873. The number of nitrogens with one attached hydrogen (secondary N) is 1. The summed E-state index contributed by atoms with van der Waals surface area (Å²) in [5.41, 5.74) is 4.09. The molecule has 0 saturated carbocycles.